The van der Waals surface area contributed by atoms with Crippen LogP contribution in [-0.4, -0.2) is 51.9 Å². The van der Waals surface area contributed by atoms with E-state index in [1.807, 2.05) is 0 Å². The average Bonchev–Trinajstić information content (AvgIpc) is 3.25. The van der Waals surface area contributed by atoms with E-state index in [9.17, 15) is 18.0 Å². The van der Waals surface area contributed by atoms with E-state index in [2.05, 4.69) is 10.0 Å². The quantitative estimate of drug-likeness (QED) is 0.650. The summed E-state index contributed by atoms with van der Waals surface area (Å²) in [5, 5.41) is 2.74. The highest BCUT2D eigenvalue weighted by Gasteiger charge is 2.23. The number of nitrogens with zero attached hydrogens (tertiary/aromatic N) is 1. The standard InChI is InChI=1S/C22H27N3O5S/c1-25(2)21(26)15-30-19-12-10-17(11-13-19)23-22(27)16-6-5-9-20(14-16)31(28,29)24-18-7-3-4-8-18/h5-6,9-14,18,24H,3-4,7-8,15H2,1-2H3,(H,23,27). The molecule has 2 aromatic carbocycles. The van der Waals surface area contributed by atoms with Crippen LogP contribution in [-0.2, 0) is 14.8 Å². The minimum absolute atomic E-state index is 0.0452. The van der Waals surface area contributed by atoms with Crippen molar-refractivity contribution in [2.75, 3.05) is 26.0 Å². The van der Waals surface area contributed by atoms with Crippen molar-refractivity contribution in [3.8, 4) is 5.75 Å². The zero-order valence-corrected chi connectivity index (χ0v) is 18.4. The van der Waals surface area contributed by atoms with E-state index in [0.717, 1.165) is 25.7 Å². The third kappa shape index (κ3) is 6.28. The van der Waals surface area contributed by atoms with Gasteiger partial charge in [-0.05, 0) is 55.3 Å². The van der Waals surface area contributed by atoms with E-state index in [1.165, 1.54) is 17.0 Å². The number of hydrogen-bond donors (Lipinski definition) is 2. The minimum atomic E-state index is -3.68. The van der Waals surface area contributed by atoms with E-state index in [1.54, 1.807) is 50.5 Å². The molecule has 2 aromatic rings. The molecule has 1 saturated carbocycles. The summed E-state index contributed by atoms with van der Waals surface area (Å²) in [5.74, 6) is -0.0803. The average molecular weight is 446 g/mol. The number of hydrogen-bond acceptors (Lipinski definition) is 5. The Morgan fingerprint density at radius 2 is 1.74 bits per heavy atom. The first-order valence-electron chi connectivity index (χ1n) is 10.1. The molecule has 0 radical (unpaired) electrons. The number of nitrogens with one attached hydrogen (secondary N) is 2. The lowest BCUT2D eigenvalue weighted by atomic mass is 10.2. The second kappa shape index (κ2) is 9.93. The molecule has 1 aliphatic rings. The van der Waals surface area contributed by atoms with Gasteiger partial charge in [0.1, 0.15) is 5.75 Å². The van der Waals surface area contributed by atoms with Gasteiger partial charge in [-0.15, -0.1) is 0 Å². The largest absolute Gasteiger partial charge is 0.484 e. The molecule has 0 aromatic heterocycles. The Balaban J connectivity index is 1.63. The van der Waals surface area contributed by atoms with Crippen LogP contribution in [0.2, 0.25) is 0 Å². The van der Waals surface area contributed by atoms with E-state index < -0.39 is 15.9 Å². The lowest BCUT2D eigenvalue weighted by Crippen LogP contribution is -2.32. The van der Waals surface area contributed by atoms with Gasteiger partial charge < -0.3 is 15.0 Å². The molecule has 0 unspecified atom stereocenters. The van der Waals surface area contributed by atoms with E-state index in [0.29, 0.717) is 11.4 Å². The van der Waals surface area contributed by atoms with Crippen molar-refractivity contribution in [3.63, 3.8) is 0 Å². The summed E-state index contributed by atoms with van der Waals surface area (Å²) in [4.78, 5) is 25.7. The number of carbonyl (C=O) groups is 2. The van der Waals surface area contributed by atoms with Gasteiger partial charge in [-0.3, -0.25) is 9.59 Å². The van der Waals surface area contributed by atoms with Crippen LogP contribution in [0.15, 0.2) is 53.4 Å². The van der Waals surface area contributed by atoms with Crippen LogP contribution in [0.1, 0.15) is 36.0 Å². The van der Waals surface area contributed by atoms with Crippen LogP contribution < -0.4 is 14.8 Å². The van der Waals surface area contributed by atoms with E-state index in [-0.39, 0.29) is 29.0 Å². The molecule has 0 bridgehead atoms. The molecule has 8 nitrogen and oxygen atoms in total. The number of ether oxygens (including phenoxy) is 1. The molecular weight excluding hydrogens is 418 g/mol. The fraction of sp³-hybridized carbons (Fsp3) is 0.364. The maximum atomic E-state index is 12.6. The Kier molecular flexibility index (Phi) is 7.29. The van der Waals surface area contributed by atoms with Crippen LogP contribution in [0.25, 0.3) is 0 Å². The molecule has 9 heteroatoms. The molecule has 1 aliphatic carbocycles. The van der Waals surface area contributed by atoms with Crippen molar-refractivity contribution in [2.45, 2.75) is 36.6 Å². The van der Waals surface area contributed by atoms with Crippen LogP contribution in [0.4, 0.5) is 5.69 Å². The Bertz CT molecular complexity index is 1030. The fourth-order valence-corrected chi connectivity index (χ4v) is 4.60. The normalized spacial score (nSPS) is 14.3. The fourth-order valence-electron chi connectivity index (χ4n) is 3.25. The number of rotatable bonds is 8. The van der Waals surface area contributed by atoms with Gasteiger partial charge in [0.05, 0.1) is 4.90 Å². The van der Waals surface area contributed by atoms with Gasteiger partial charge >= 0.3 is 0 Å². The molecule has 166 valence electrons. The summed E-state index contributed by atoms with van der Waals surface area (Å²) in [7, 11) is -0.379. The zero-order valence-electron chi connectivity index (χ0n) is 17.6. The van der Waals surface area contributed by atoms with E-state index in [4.69, 9.17) is 4.74 Å². The van der Waals surface area contributed by atoms with Gasteiger partial charge in [0.2, 0.25) is 10.0 Å². The van der Waals surface area contributed by atoms with Crippen LogP contribution in [0, 0.1) is 0 Å². The Labute approximate surface area is 182 Å². The molecule has 0 spiro atoms. The van der Waals surface area contributed by atoms with E-state index >= 15 is 0 Å². The number of likely N-dealkylation sites (N-methyl/N-ethyl adjacent to an activating group) is 1. The van der Waals surface area contributed by atoms with Crippen molar-refractivity contribution in [1.82, 2.24) is 9.62 Å². The zero-order chi connectivity index (χ0) is 22.4. The van der Waals surface area contributed by atoms with Gasteiger partial charge in [-0.1, -0.05) is 18.9 Å². The molecule has 1 fully saturated rings. The first-order chi connectivity index (χ1) is 14.7. The van der Waals surface area contributed by atoms with Gasteiger partial charge in [0.25, 0.3) is 11.8 Å². The Hall–Kier alpha value is -2.91. The smallest absolute Gasteiger partial charge is 0.259 e. The molecule has 0 saturated heterocycles. The second-order valence-corrected chi connectivity index (χ2v) is 9.40. The number of amides is 2. The monoisotopic (exact) mass is 445 g/mol. The van der Waals surface area contributed by atoms with Gasteiger partial charge in [0, 0.05) is 31.4 Å². The Morgan fingerprint density at radius 1 is 1.06 bits per heavy atom. The summed E-state index contributed by atoms with van der Waals surface area (Å²) in [6, 6.07) is 12.5. The minimum Gasteiger partial charge on any atom is -0.484 e. The van der Waals surface area contributed by atoms with Gasteiger partial charge in [-0.25, -0.2) is 13.1 Å². The Morgan fingerprint density at radius 3 is 2.39 bits per heavy atom. The second-order valence-electron chi connectivity index (χ2n) is 7.69. The summed E-state index contributed by atoms with van der Waals surface area (Å²) < 4.78 is 33.4. The summed E-state index contributed by atoms with van der Waals surface area (Å²) >= 11 is 0. The predicted octanol–water partition coefficient (Wildman–Crippen LogP) is 2.63. The molecular formula is C22H27N3O5S. The molecule has 2 N–H and O–H groups in total. The number of sulfonamides is 1. The summed E-state index contributed by atoms with van der Waals surface area (Å²) in [6.07, 6.45) is 3.71. The third-order valence-corrected chi connectivity index (χ3v) is 6.57. The molecule has 0 atom stereocenters. The summed E-state index contributed by atoms with van der Waals surface area (Å²) in [5.41, 5.74) is 0.764. The number of carbonyl (C=O) groups excluding carboxylic acids is 2. The molecule has 0 heterocycles. The van der Waals surface area contributed by atoms with Gasteiger partial charge in [-0.2, -0.15) is 0 Å². The first kappa shape index (κ1) is 22.8. The summed E-state index contributed by atoms with van der Waals surface area (Å²) in [6.45, 7) is -0.0745. The van der Waals surface area contributed by atoms with Crippen LogP contribution in [0.3, 0.4) is 0 Å². The maximum absolute atomic E-state index is 12.6. The number of anilines is 1. The molecule has 2 amide bonds. The molecule has 3 rings (SSSR count). The lowest BCUT2D eigenvalue weighted by Gasteiger charge is -2.13. The van der Waals surface area contributed by atoms with Crippen LogP contribution >= 0.6 is 0 Å². The van der Waals surface area contributed by atoms with Crippen molar-refractivity contribution in [2.24, 2.45) is 0 Å². The van der Waals surface area contributed by atoms with Gasteiger partial charge in [0.15, 0.2) is 6.61 Å². The predicted molar refractivity (Wildman–Crippen MR) is 118 cm³/mol. The topological polar surface area (TPSA) is 105 Å². The highest BCUT2D eigenvalue weighted by molar-refractivity contribution is 7.89. The van der Waals surface area contributed by atoms with Crippen molar-refractivity contribution in [1.29, 1.82) is 0 Å². The maximum Gasteiger partial charge on any atom is 0.259 e. The molecule has 0 aliphatic heterocycles. The lowest BCUT2D eigenvalue weighted by molar-refractivity contribution is -0.130. The van der Waals surface area contributed by atoms with Crippen molar-refractivity contribution >= 4 is 27.5 Å². The highest BCUT2D eigenvalue weighted by atomic mass is 32.2. The third-order valence-electron chi connectivity index (χ3n) is 5.06. The molecule has 31 heavy (non-hydrogen) atoms. The SMILES string of the molecule is CN(C)C(=O)COc1ccc(NC(=O)c2cccc(S(=O)(=O)NC3CCCC3)c2)cc1. The van der Waals surface area contributed by atoms with Crippen molar-refractivity contribution < 1.29 is 22.7 Å². The highest BCUT2D eigenvalue weighted by Crippen LogP contribution is 2.21. The number of benzene rings is 2. The van der Waals surface area contributed by atoms with Crippen molar-refractivity contribution in [3.05, 3.63) is 54.1 Å². The van der Waals surface area contributed by atoms with Crippen LogP contribution in [0.5, 0.6) is 5.75 Å². The first-order valence-corrected chi connectivity index (χ1v) is 11.6.